The SMILES string of the molecule is O=C(O)c1cccc(Cn2ccc(=O)cc2)c1F. The summed E-state index contributed by atoms with van der Waals surface area (Å²) in [7, 11) is 0. The van der Waals surface area contributed by atoms with Crippen LogP contribution in [0.25, 0.3) is 0 Å². The highest BCUT2D eigenvalue weighted by Crippen LogP contribution is 2.14. The van der Waals surface area contributed by atoms with Gasteiger partial charge in [-0.15, -0.1) is 0 Å². The van der Waals surface area contributed by atoms with Gasteiger partial charge in [-0.2, -0.15) is 0 Å². The Balaban J connectivity index is 2.35. The van der Waals surface area contributed by atoms with E-state index in [1.807, 2.05) is 0 Å². The molecule has 0 amide bonds. The number of benzene rings is 1. The third-order valence-corrected chi connectivity index (χ3v) is 2.52. The predicted octanol–water partition coefficient (Wildman–Crippen LogP) is 1.73. The predicted molar refractivity (Wildman–Crippen MR) is 63.2 cm³/mol. The lowest BCUT2D eigenvalue weighted by atomic mass is 10.1. The van der Waals surface area contributed by atoms with Gasteiger partial charge in [-0.3, -0.25) is 4.79 Å². The molecule has 0 bridgehead atoms. The summed E-state index contributed by atoms with van der Waals surface area (Å²) in [5.74, 6) is -2.04. The number of nitrogens with zero attached hydrogens (tertiary/aromatic N) is 1. The summed E-state index contributed by atoms with van der Waals surface area (Å²) in [6.07, 6.45) is 3.05. The number of rotatable bonds is 3. The van der Waals surface area contributed by atoms with Crippen molar-refractivity contribution in [2.75, 3.05) is 0 Å². The van der Waals surface area contributed by atoms with Crippen LogP contribution in [0.15, 0.2) is 47.5 Å². The molecule has 0 saturated heterocycles. The maximum Gasteiger partial charge on any atom is 0.338 e. The van der Waals surface area contributed by atoms with Gasteiger partial charge in [-0.05, 0) is 6.07 Å². The Morgan fingerprint density at radius 1 is 1.22 bits per heavy atom. The van der Waals surface area contributed by atoms with E-state index in [-0.39, 0.29) is 23.1 Å². The van der Waals surface area contributed by atoms with Crippen molar-refractivity contribution < 1.29 is 14.3 Å². The van der Waals surface area contributed by atoms with Gasteiger partial charge in [0.25, 0.3) is 0 Å². The molecule has 0 saturated carbocycles. The van der Waals surface area contributed by atoms with Gasteiger partial charge in [0.2, 0.25) is 0 Å². The molecule has 0 spiro atoms. The number of carboxylic acid groups (broad SMARTS) is 1. The number of carboxylic acids is 1. The molecule has 0 atom stereocenters. The fourth-order valence-corrected chi connectivity index (χ4v) is 1.61. The Bertz CT molecular complexity index is 628. The molecule has 0 aliphatic heterocycles. The number of aromatic nitrogens is 1. The van der Waals surface area contributed by atoms with Crippen molar-refractivity contribution in [3.63, 3.8) is 0 Å². The maximum absolute atomic E-state index is 13.8. The zero-order valence-electron chi connectivity index (χ0n) is 9.34. The minimum Gasteiger partial charge on any atom is -0.478 e. The van der Waals surface area contributed by atoms with E-state index in [9.17, 15) is 14.0 Å². The summed E-state index contributed by atoms with van der Waals surface area (Å²) in [4.78, 5) is 21.7. The molecule has 2 rings (SSSR count). The van der Waals surface area contributed by atoms with E-state index in [4.69, 9.17) is 5.11 Å². The van der Waals surface area contributed by atoms with Crippen molar-refractivity contribution in [3.8, 4) is 0 Å². The van der Waals surface area contributed by atoms with Crippen LogP contribution in [0, 0.1) is 5.82 Å². The molecule has 0 fully saturated rings. The standard InChI is InChI=1S/C13H10FNO3/c14-12-9(2-1-3-11(12)13(17)18)8-15-6-4-10(16)5-7-15/h1-7H,8H2,(H,17,18). The second-order valence-electron chi connectivity index (χ2n) is 3.79. The Morgan fingerprint density at radius 3 is 2.50 bits per heavy atom. The van der Waals surface area contributed by atoms with Crippen molar-refractivity contribution in [1.29, 1.82) is 0 Å². The molecule has 0 aliphatic carbocycles. The topological polar surface area (TPSA) is 59.3 Å². The molecule has 1 N–H and O–H groups in total. The minimum atomic E-state index is -1.30. The maximum atomic E-state index is 13.8. The van der Waals surface area contributed by atoms with Crippen LogP contribution in [0.5, 0.6) is 0 Å². The number of pyridine rings is 1. The van der Waals surface area contributed by atoms with Gasteiger partial charge in [0.05, 0.1) is 5.56 Å². The van der Waals surface area contributed by atoms with E-state index in [2.05, 4.69) is 0 Å². The van der Waals surface area contributed by atoms with E-state index < -0.39 is 11.8 Å². The lowest BCUT2D eigenvalue weighted by Gasteiger charge is -2.08. The Morgan fingerprint density at radius 2 is 1.89 bits per heavy atom. The van der Waals surface area contributed by atoms with Gasteiger partial charge in [0.1, 0.15) is 5.82 Å². The van der Waals surface area contributed by atoms with E-state index in [0.717, 1.165) is 0 Å². The van der Waals surface area contributed by atoms with E-state index in [1.54, 1.807) is 4.57 Å². The number of hydrogen-bond acceptors (Lipinski definition) is 2. The summed E-state index contributed by atoms with van der Waals surface area (Å²) in [5.41, 5.74) is -0.224. The summed E-state index contributed by atoms with van der Waals surface area (Å²) >= 11 is 0. The number of hydrogen-bond donors (Lipinski definition) is 1. The Kier molecular flexibility index (Phi) is 3.23. The van der Waals surface area contributed by atoms with Gasteiger partial charge < -0.3 is 9.67 Å². The van der Waals surface area contributed by atoms with Crippen molar-refractivity contribution in [3.05, 3.63) is 69.9 Å². The molecule has 4 nitrogen and oxygen atoms in total. The minimum absolute atomic E-state index is 0.133. The van der Waals surface area contributed by atoms with Crippen molar-refractivity contribution in [1.82, 2.24) is 4.57 Å². The highest BCUT2D eigenvalue weighted by molar-refractivity contribution is 5.88. The molecular formula is C13H10FNO3. The van der Waals surface area contributed by atoms with Crippen molar-refractivity contribution in [2.24, 2.45) is 0 Å². The second-order valence-corrected chi connectivity index (χ2v) is 3.79. The number of halogens is 1. The quantitative estimate of drug-likeness (QED) is 0.898. The molecule has 0 aliphatic rings. The molecule has 0 unspecified atom stereocenters. The molecule has 1 heterocycles. The van der Waals surface area contributed by atoms with Crippen LogP contribution in [0.1, 0.15) is 15.9 Å². The van der Waals surface area contributed by atoms with Crippen LogP contribution >= 0.6 is 0 Å². The second kappa shape index (κ2) is 4.83. The smallest absolute Gasteiger partial charge is 0.338 e. The summed E-state index contributed by atoms with van der Waals surface area (Å²) in [6, 6.07) is 6.94. The Hall–Kier alpha value is -2.43. The molecule has 1 aromatic heterocycles. The summed E-state index contributed by atoms with van der Waals surface area (Å²) in [5, 5.41) is 8.80. The van der Waals surface area contributed by atoms with Crippen molar-refractivity contribution >= 4 is 5.97 Å². The first-order valence-corrected chi connectivity index (χ1v) is 5.25. The van der Waals surface area contributed by atoms with Gasteiger partial charge in [-0.25, -0.2) is 9.18 Å². The highest BCUT2D eigenvalue weighted by atomic mass is 19.1. The van der Waals surface area contributed by atoms with Crippen LogP contribution in [-0.2, 0) is 6.54 Å². The fraction of sp³-hybridized carbons (Fsp3) is 0.0769. The third kappa shape index (κ3) is 2.45. The first kappa shape index (κ1) is 12.0. The van der Waals surface area contributed by atoms with Crippen LogP contribution < -0.4 is 5.43 Å². The first-order chi connectivity index (χ1) is 8.58. The monoisotopic (exact) mass is 247 g/mol. The number of aromatic carboxylic acids is 1. The van der Waals surface area contributed by atoms with Crippen LogP contribution in [0.2, 0.25) is 0 Å². The molecule has 92 valence electrons. The van der Waals surface area contributed by atoms with Crippen LogP contribution in [0.3, 0.4) is 0 Å². The van der Waals surface area contributed by atoms with E-state index >= 15 is 0 Å². The average molecular weight is 247 g/mol. The lowest BCUT2D eigenvalue weighted by molar-refractivity contribution is 0.0691. The molecule has 1 aromatic carbocycles. The Labute approximate surface area is 102 Å². The van der Waals surface area contributed by atoms with Crippen LogP contribution in [0.4, 0.5) is 4.39 Å². The molecule has 5 heteroatoms. The summed E-state index contributed by atoms with van der Waals surface area (Å²) < 4.78 is 15.4. The van der Waals surface area contributed by atoms with Gasteiger partial charge >= 0.3 is 5.97 Å². The van der Waals surface area contributed by atoms with E-state index in [1.165, 1.54) is 42.7 Å². The fourth-order valence-electron chi connectivity index (χ4n) is 1.61. The third-order valence-electron chi connectivity index (χ3n) is 2.52. The molecule has 18 heavy (non-hydrogen) atoms. The van der Waals surface area contributed by atoms with Crippen LogP contribution in [-0.4, -0.2) is 15.6 Å². The normalized spacial score (nSPS) is 10.3. The number of carbonyl (C=O) groups is 1. The van der Waals surface area contributed by atoms with Crippen molar-refractivity contribution in [2.45, 2.75) is 6.54 Å². The lowest BCUT2D eigenvalue weighted by Crippen LogP contribution is -2.08. The highest BCUT2D eigenvalue weighted by Gasteiger charge is 2.13. The largest absolute Gasteiger partial charge is 0.478 e. The summed E-state index contributed by atoms with van der Waals surface area (Å²) in [6.45, 7) is 0.174. The molecule has 2 aromatic rings. The van der Waals surface area contributed by atoms with Gasteiger partial charge in [0.15, 0.2) is 5.43 Å². The molecule has 0 radical (unpaired) electrons. The zero-order valence-corrected chi connectivity index (χ0v) is 9.34. The zero-order chi connectivity index (χ0) is 13.1. The van der Waals surface area contributed by atoms with Gasteiger partial charge in [-0.1, -0.05) is 12.1 Å². The van der Waals surface area contributed by atoms with Gasteiger partial charge in [0, 0.05) is 36.6 Å². The molecular weight excluding hydrogens is 237 g/mol. The average Bonchev–Trinajstić information content (AvgIpc) is 2.34. The van der Waals surface area contributed by atoms with E-state index in [0.29, 0.717) is 0 Å². The first-order valence-electron chi connectivity index (χ1n) is 5.25.